The number of hydrogen-bond acceptors (Lipinski definition) is 7. The highest BCUT2D eigenvalue weighted by molar-refractivity contribution is 5.94. The lowest BCUT2D eigenvalue weighted by atomic mass is 10.2. The third-order valence-corrected chi connectivity index (χ3v) is 4.80. The third-order valence-electron chi connectivity index (χ3n) is 4.80. The van der Waals surface area contributed by atoms with Crippen molar-refractivity contribution < 1.29 is 19.4 Å². The molecule has 29 heavy (non-hydrogen) atoms. The number of piperazine rings is 1. The molecule has 8 heteroatoms. The van der Waals surface area contributed by atoms with Crippen molar-refractivity contribution in [3.63, 3.8) is 0 Å². The molecule has 0 saturated carbocycles. The molecule has 0 radical (unpaired) electrons. The zero-order chi connectivity index (χ0) is 20.8. The Morgan fingerprint density at radius 1 is 1.14 bits per heavy atom. The topological polar surface area (TPSA) is 108 Å². The van der Waals surface area contributed by atoms with E-state index >= 15 is 0 Å². The van der Waals surface area contributed by atoms with Crippen LogP contribution in [0.3, 0.4) is 0 Å². The molecule has 1 amide bonds. The van der Waals surface area contributed by atoms with Gasteiger partial charge in [0, 0.05) is 50.0 Å². The first-order chi connectivity index (χ1) is 13.9. The lowest BCUT2D eigenvalue weighted by molar-refractivity contribution is -0.131. The summed E-state index contributed by atoms with van der Waals surface area (Å²) in [6.45, 7) is 4.33. The number of carbonyl (C=O) groups is 2. The van der Waals surface area contributed by atoms with Crippen LogP contribution in [0.15, 0.2) is 48.5 Å². The molecule has 1 saturated heterocycles. The number of amides is 1. The second kappa shape index (κ2) is 9.40. The Morgan fingerprint density at radius 3 is 2.48 bits per heavy atom. The lowest BCUT2D eigenvalue weighted by Crippen LogP contribution is -2.53. The van der Waals surface area contributed by atoms with Crippen LogP contribution in [-0.4, -0.2) is 60.8 Å². The Kier molecular flexibility index (Phi) is 6.69. The maximum atomic E-state index is 12.3. The van der Waals surface area contributed by atoms with Gasteiger partial charge in [0.2, 0.25) is 0 Å². The number of hydrogen-bond donors (Lipinski definition) is 3. The Labute approximate surface area is 169 Å². The van der Waals surface area contributed by atoms with Gasteiger partial charge >= 0.3 is 5.97 Å². The van der Waals surface area contributed by atoms with Crippen molar-refractivity contribution in [3.05, 3.63) is 54.1 Å². The van der Waals surface area contributed by atoms with E-state index in [1.807, 2.05) is 29.2 Å². The summed E-state index contributed by atoms with van der Waals surface area (Å²) in [6.07, 6.45) is -0.774. The average molecular weight is 398 g/mol. The van der Waals surface area contributed by atoms with Crippen molar-refractivity contribution in [3.8, 4) is 5.75 Å². The normalized spacial score (nSPS) is 15.6. The Morgan fingerprint density at radius 2 is 1.83 bits per heavy atom. The van der Waals surface area contributed by atoms with Crippen molar-refractivity contribution in [1.82, 2.24) is 10.2 Å². The molecule has 3 rings (SSSR count). The van der Waals surface area contributed by atoms with Crippen LogP contribution in [0.1, 0.15) is 17.3 Å². The van der Waals surface area contributed by atoms with Gasteiger partial charge in [-0.2, -0.15) is 0 Å². The summed E-state index contributed by atoms with van der Waals surface area (Å²) in [5.74, 6) is -0.473. The first-order valence-electron chi connectivity index (χ1n) is 9.51. The predicted octanol–water partition coefficient (Wildman–Crippen LogP) is 1.06. The van der Waals surface area contributed by atoms with Crippen LogP contribution in [0.5, 0.6) is 5.75 Å². The van der Waals surface area contributed by atoms with Gasteiger partial charge in [-0.05, 0) is 42.5 Å². The number of benzene rings is 2. The number of carbonyl (C=O) groups excluding carboxylic acids is 2. The number of nitrogens with zero attached hydrogens (tertiary/aromatic N) is 2. The van der Waals surface area contributed by atoms with Crippen LogP contribution in [0.4, 0.5) is 11.4 Å². The quantitative estimate of drug-likeness (QED) is 0.379. The highest BCUT2D eigenvalue weighted by Crippen LogP contribution is 2.18. The van der Waals surface area contributed by atoms with Gasteiger partial charge in [0.15, 0.2) is 0 Å². The first-order valence-corrected chi connectivity index (χ1v) is 9.51. The molecule has 1 aliphatic rings. The van der Waals surface area contributed by atoms with E-state index in [4.69, 9.17) is 10.5 Å². The molecule has 4 N–H and O–H groups in total. The second-order valence-electron chi connectivity index (χ2n) is 6.93. The fourth-order valence-electron chi connectivity index (χ4n) is 3.25. The van der Waals surface area contributed by atoms with Crippen molar-refractivity contribution in [1.29, 1.82) is 0 Å². The Balaban J connectivity index is 1.47. The van der Waals surface area contributed by atoms with Crippen molar-refractivity contribution in [2.45, 2.75) is 13.2 Å². The molecule has 1 fully saturated rings. The minimum Gasteiger partial charge on any atom is -0.427 e. The number of esters is 1. The first kappa shape index (κ1) is 20.6. The number of rotatable bonds is 6. The molecule has 8 nitrogen and oxygen atoms in total. The van der Waals surface area contributed by atoms with E-state index in [1.165, 1.54) is 13.0 Å². The van der Waals surface area contributed by atoms with Crippen molar-refractivity contribution in [2.75, 3.05) is 43.4 Å². The number of nitrogen functional groups attached to an aromatic ring is 1. The zero-order valence-electron chi connectivity index (χ0n) is 16.4. The van der Waals surface area contributed by atoms with Crippen LogP contribution in [0.25, 0.3) is 0 Å². The fourth-order valence-corrected chi connectivity index (χ4v) is 3.25. The molecular weight excluding hydrogens is 372 g/mol. The van der Waals surface area contributed by atoms with Gasteiger partial charge in [-0.25, -0.2) is 0 Å². The van der Waals surface area contributed by atoms with Crippen LogP contribution >= 0.6 is 0 Å². The minimum atomic E-state index is -0.774. The molecule has 1 atom stereocenters. The summed E-state index contributed by atoms with van der Waals surface area (Å²) >= 11 is 0. The minimum absolute atomic E-state index is 0.110. The SMILES string of the molecule is CC(=O)Oc1cccc(C(=O)NCC(O)N2CCN(c3ccc(N)cc3)CC2)c1. The molecule has 0 bridgehead atoms. The second-order valence-corrected chi connectivity index (χ2v) is 6.93. The zero-order valence-corrected chi connectivity index (χ0v) is 16.4. The Bertz CT molecular complexity index is 848. The number of aliphatic hydroxyl groups excluding tert-OH is 1. The van der Waals surface area contributed by atoms with Crippen LogP contribution in [0, 0.1) is 0 Å². The largest absolute Gasteiger partial charge is 0.427 e. The number of ether oxygens (including phenoxy) is 1. The summed E-state index contributed by atoms with van der Waals surface area (Å²) in [4.78, 5) is 27.5. The highest BCUT2D eigenvalue weighted by atomic mass is 16.5. The third kappa shape index (κ3) is 5.69. The van der Waals surface area contributed by atoms with Gasteiger partial charge in [0.25, 0.3) is 5.91 Å². The molecule has 1 heterocycles. The summed E-state index contributed by atoms with van der Waals surface area (Å²) in [5.41, 5.74) is 7.93. The van der Waals surface area contributed by atoms with Gasteiger partial charge in [-0.3, -0.25) is 14.5 Å². The van der Waals surface area contributed by atoms with E-state index in [-0.39, 0.29) is 12.5 Å². The molecule has 2 aromatic carbocycles. The molecule has 0 aromatic heterocycles. The molecule has 2 aromatic rings. The molecule has 1 unspecified atom stereocenters. The Hall–Kier alpha value is -3.10. The van der Waals surface area contributed by atoms with E-state index in [2.05, 4.69) is 10.2 Å². The summed E-state index contributed by atoms with van der Waals surface area (Å²) in [7, 11) is 0. The fraction of sp³-hybridized carbons (Fsp3) is 0.333. The van der Waals surface area contributed by atoms with Crippen LogP contribution in [-0.2, 0) is 4.79 Å². The van der Waals surface area contributed by atoms with Gasteiger partial charge in [0.05, 0.1) is 6.54 Å². The van der Waals surface area contributed by atoms with Crippen LogP contribution < -0.4 is 20.7 Å². The monoisotopic (exact) mass is 398 g/mol. The summed E-state index contributed by atoms with van der Waals surface area (Å²) in [5, 5.41) is 13.2. The van der Waals surface area contributed by atoms with E-state index in [1.54, 1.807) is 18.2 Å². The van der Waals surface area contributed by atoms with Crippen LogP contribution in [0.2, 0.25) is 0 Å². The number of nitrogens with two attached hydrogens (primary N) is 1. The maximum Gasteiger partial charge on any atom is 0.308 e. The molecule has 0 aliphatic carbocycles. The number of nitrogens with one attached hydrogen (secondary N) is 1. The van der Waals surface area contributed by atoms with E-state index in [0.717, 1.165) is 24.5 Å². The predicted molar refractivity (Wildman–Crippen MR) is 111 cm³/mol. The standard InChI is InChI=1S/C21H26N4O4/c1-15(26)29-19-4-2-3-16(13-19)21(28)23-14-20(27)25-11-9-24(10-12-25)18-7-5-17(22)6-8-18/h2-8,13,20,27H,9-12,14,22H2,1H3,(H,23,28). The summed E-state index contributed by atoms with van der Waals surface area (Å²) in [6, 6.07) is 14.1. The van der Waals surface area contributed by atoms with E-state index in [9.17, 15) is 14.7 Å². The highest BCUT2D eigenvalue weighted by Gasteiger charge is 2.23. The maximum absolute atomic E-state index is 12.3. The van der Waals surface area contributed by atoms with E-state index < -0.39 is 12.2 Å². The molecular formula is C21H26N4O4. The lowest BCUT2D eigenvalue weighted by Gasteiger charge is -2.38. The van der Waals surface area contributed by atoms with Crippen molar-refractivity contribution in [2.24, 2.45) is 0 Å². The number of aliphatic hydroxyl groups is 1. The van der Waals surface area contributed by atoms with E-state index in [0.29, 0.717) is 24.4 Å². The smallest absolute Gasteiger partial charge is 0.308 e. The molecule has 154 valence electrons. The van der Waals surface area contributed by atoms with Gasteiger partial charge in [-0.1, -0.05) is 6.07 Å². The van der Waals surface area contributed by atoms with Crippen molar-refractivity contribution >= 4 is 23.3 Å². The van der Waals surface area contributed by atoms with Gasteiger partial charge in [-0.15, -0.1) is 0 Å². The number of anilines is 2. The summed E-state index contributed by atoms with van der Waals surface area (Å²) < 4.78 is 4.99. The molecule has 1 aliphatic heterocycles. The van der Waals surface area contributed by atoms with Gasteiger partial charge in [0.1, 0.15) is 12.0 Å². The molecule has 0 spiro atoms. The average Bonchev–Trinajstić information content (AvgIpc) is 2.72. The van der Waals surface area contributed by atoms with Gasteiger partial charge < -0.3 is 25.8 Å².